The third-order valence-electron chi connectivity index (χ3n) is 13.4. The highest BCUT2D eigenvalue weighted by Gasteiger charge is 2.43. The molecule has 2 aliphatic carbocycles. The molecule has 0 saturated carbocycles. The molecule has 1 aromatic heterocycles. The van der Waals surface area contributed by atoms with Crippen molar-refractivity contribution in [3.05, 3.63) is 198 Å². The standard InChI is InChI=1S/C56H41NO/c1-55(2)45-30-27-36-17-8-9-18-38(36)52(45)43-31-47-44(32-46(43)55)53-41-21-11-10-19-39(41)50(33-48(53)56(47,3)4)57(37-28-25-35(26-29-37)34-15-6-5-7-16-34)49-23-14-22-42-40-20-12-13-24-51(40)58-54(42)49/h5-33H,1-4H3. The van der Waals surface area contributed by atoms with Gasteiger partial charge in [0, 0.05) is 32.7 Å². The highest BCUT2D eigenvalue weighted by molar-refractivity contribution is 6.15. The van der Waals surface area contributed by atoms with E-state index in [4.69, 9.17) is 4.42 Å². The van der Waals surface area contributed by atoms with Gasteiger partial charge in [0.15, 0.2) is 5.58 Å². The number of benzene rings is 9. The molecule has 0 atom stereocenters. The number of para-hydroxylation sites is 2. The van der Waals surface area contributed by atoms with Crippen molar-refractivity contribution < 1.29 is 4.42 Å². The maximum absolute atomic E-state index is 6.78. The SMILES string of the molecule is CC1(C)c2cc3c(cc2-c2c1ccc1ccccc21)C(C)(C)c1cc(N(c2ccc(-c4ccccc4)cc2)c2cccc4c2oc2ccccc24)c2ccccc2c1-3. The predicted molar refractivity (Wildman–Crippen MR) is 244 cm³/mol. The average Bonchev–Trinajstić information content (AvgIpc) is 3.83. The van der Waals surface area contributed by atoms with Crippen LogP contribution in [-0.4, -0.2) is 0 Å². The smallest absolute Gasteiger partial charge is 0.159 e. The Labute approximate surface area is 338 Å². The molecule has 0 amide bonds. The monoisotopic (exact) mass is 743 g/mol. The van der Waals surface area contributed by atoms with Crippen LogP contribution in [0.4, 0.5) is 17.1 Å². The zero-order valence-electron chi connectivity index (χ0n) is 33.1. The van der Waals surface area contributed by atoms with Crippen molar-refractivity contribution in [2.24, 2.45) is 0 Å². The second-order valence-corrected chi connectivity index (χ2v) is 17.3. The summed E-state index contributed by atoms with van der Waals surface area (Å²) in [6, 6.07) is 64.8. The summed E-state index contributed by atoms with van der Waals surface area (Å²) in [4.78, 5) is 2.44. The maximum Gasteiger partial charge on any atom is 0.159 e. The second-order valence-electron chi connectivity index (χ2n) is 17.3. The summed E-state index contributed by atoms with van der Waals surface area (Å²) < 4.78 is 6.78. The number of anilines is 3. The first-order valence-electron chi connectivity index (χ1n) is 20.4. The zero-order chi connectivity index (χ0) is 38.9. The lowest BCUT2D eigenvalue weighted by Crippen LogP contribution is -2.18. The third-order valence-corrected chi connectivity index (χ3v) is 13.4. The van der Waals surface area contributed by atoms with Gasteiger partial charge in [0.2, 0.25) is 0 Å². The van der Waals surface area contributed by atoms with Crippen molar-refractivity contribution in [1.82, 2.24) is 0 Å². The molecule has 10 aromatic rings. The van der Waals surface area contributed by atoms with Crippen molar-refractivity contribution in [1.29, 1.82) is 0 Å². The largest absolute Gasteiger partial charge is 0.454 e. The van der Waals surface area contributed by atoms with Crippen molar-refractivity contribution >= 4 is 60.5 Å². The predicted octanol–water partition coefficient (Wildman–Crippen LogP) is 15.6. The molecule has 2 heteroatoms. The average molecular weight is 744 g/mol. The van der Waals surface area contributed by atoms with E-state index in [1.807, 2.05) is 0 Å². The highest BCUT2D eigenvalue weighted by Crippen LogP contribution is 2.60. The van der Waals surface area contributed by atoms with Gasteiger partial charge in [-0.1, -0.05) is 161 Å². The molecular weight excluding hydrogens is 703 g/mol. The van der Waals surface area contributed by atoms with Crippen molar-refractivity contribution in [2.75, 3.05) is 4.90 Å². The molecule has 2 nitrogen and oxygen atoms in total. The Morgan fingerprint density at radius 3 is 1.74 bits per heavy atom. The Bertz CT molecular complexity index is 3330. The van der Waals surface area contributed by atoms with Crippen LogP contribution in [0.5, 0.6) is 0 Å². The fourth-order valence-electron chi connectivity index (χ4n) is 10.5. The molecular formula is C56H41NO. The molecule has 0 bridgehead atoms. The molecule has 0 radical (unpaired) electrons. The van der Waals surface area contributed by atoms with Gasteiger partial charge in [0.1, 0.15) is 5.58 Å². The lowest BCUT2D eigenvalue weighted by atomic mass is 9.79. The van der Waals surface area contributed by atoms with Gasteiger partial charge in [-0.15, -0.1) is 0 Å². The van der Waals surface area contributed by atoms with Crippen LogP contribution in [0.3, 0.4) is 0 Å². The van der Waals surface area contributed by atoms with Crippen LogP contribution >= 0.6 is 0 Å². The van der Waals surface area contributed by atoms with Crippen molar-refractivity contribution in [3.63, 3.8) is 0 Å². The van der Waals surface area contributed by atoms with Gasteiger partial charge in [-0.2, -0.15) is 0 Å². The van der Waals surface area contributed by atoms with E-state index in [0.29, 0.717) is 0 Å². The molecule has 58 heavy (non-hydrogen) atoms. The maximum atomic E-state index is 6.78. The van der Waals surface area contributed by atoms with Gasteiger partial charge >= 0.3 is 0 Å². The molecule has 0 fully saturated rings. The number of rotatable bonds is 4. The van der Waals surface area contributed by atoms with Gasteiger partial charge in [-0.05, 0) is 114 Å². The summed E-state index contributed by atoms with van der Waals surface area (Å²) in [7, 11) is 0. The fraction of sp³-hybridized carbons (Fsp3) is 0.107. The molecule has 0 saturated heterocycles. The molecule has 0 unspecified atom stereocenters. The van der Waals surface area contributed by atoms with Crippen LogP contribution < -0.4 is 4.90 Å². The Kier molecular flexibility index (Phi) is 6.78. The first-order chi connectivity index (χ1) is 28.3. The Hall–Kier alpha value is -6.90. The fourth-order valence-corrected chi connectivity index (χ4v) is 10.5. The Morgan fingerprint density at radius 2 is 0.983 bits per heavy atom. The summed E-state index contributed by atoms with van der Waals surface area (Å²) in [5, 5.41) is 7.34. The number of furan rings is 1. The van der Waals surface area contributed by atoms with Crippen molar-refractivity contribution in [2.45, 2.75) is 38.5 Å². The van der Waals surface area contributed by atoms with E-state index >= 15 is 0 Å². The first kappa shape index (κ1) is 33.3. The molecule has 0 aliphatic heterocycles. The Balaban J connectivity index is 1.12. The molecule has 276 valence electrons. The molecule has 9 aromatic carbocycles. The van der Waals surface area contributed by atoms with Gasteiger partial charge in [-0.25, -0.2) is 0 Å². The first-order valence-corrected chi connectivity index (χ1v) is 20.4. The van der Waals surface area contributed by atoms with Gasteiger partial charge in [-0.3, -0.25) is 0 Å². The van der Waals surface area contributed by atoms with E-state index < -0.39 is 0 Å². The van der Waals surface area contributed by atoms with Crippen LogP contribution in [0.25, 0.3) is 76.9 Å². The Morgan fingerprint density at radius 1 is 0.397 bits per heavy atom. The number of fused-ring (bicyclic) bond motifs is 13. The van der Waals surface area contributed by atoms with Crippen LogP contribution in [0.15, 0.2) is 180 Å². The number of hydrogen-bond acceptors (Lipinski definition) is 2. The third kappa shape index (κ3) is 4.49. The van der Waals surface area contributed by atoms with E-state index in [-0.39, 0.29) is 10.8 Å². The zero-order valence-corrected chi connectivity index (χ0v) is 33.1. The summed E-state index contributed by atoms with van der Waals surface area (Å²) in [6.07, 6.45) is 0. The van der Waals surface area contributed by atoms with Crippen LogP contribution in [-0.2, 0) is 10.8 Å². The van der Waals surface area contributed by atoms with E-state index in [0.717, 1.165) is 39.0 Å². The van der Waals surface area contributed by atoms with Gasteiger partial charge < -0.3 is 9.32 Å². The molecule has 1 heterocycles. The summed E-state index contributed by atoms with van der Waals surface area (Å²) in [6.45, 7) is 9.65. The highest BCUT2D eigenvalue weighted by atomic mass is 16.3. The van der Waals surface area contributed by atoms with Crippen molar-refractivity contribution in [3.8, 4) is 33.4 Å². The van der Waals surface area contributed by atoms with E-state index in [1.165, 1.54) is 77.2 Å². The minimum atomic E-state index is -0.260. The molecule has 0 N–H and O–H groups in total. The topological polar surface area (TPSA) is 16.4 Å². The molecule has 0 spiro atoms. The number of hydrogen-bond donors (Lipinski definition) is 0. The van der Waals surface area contributed by atoms with Gasteiger partial charge in [0.25, 0.3) is 0 Å². The van der Waals surface area contributed by atoms with Crippen LogP contribution in [0.2, 0.25) is 0 Å². The van der Waals surface area contributed by atoms with E-state index in [9.17, 15) is 0 Å². The molecule has 12 rings (SSSR count). The second kappa shape index (κ2) is 11.8. The summed E-state index contributed by atoms with van der Waals surface area (Å²) >= 11 is 0. The van der Waals surface area contributed by atoms with Gasteiger partial charge in [0.05, 0.1) is 11.4 Å². The van der Waals surface area contributed by atoms with E-state index in [2.05, 4.69) is 209 Å². The minimum Gasteiger partial charge on any atom is -0.454 e. The quantitative estimate of drug-likeness (QED) is 0.178. The lowest BCUT2D eigenvalue weighted by molar-refractivity contribution is 0.652. The number of nitrogens with zero attached hydrogens (tertiary/aromatic N) is 1. The lowest BCUT2D eigenvalue weighted by Gasteiger charge is -2.30. The summed E-state index contributed by atoms with van der Waals surface area (Å²) in [5.41, 5.74) is 18.0. The summed E-state index contributed by atoms with van der Waals surface area (Å²) in [5.74, 6) is 0. The van der Waals surface area contributed by atoms with Crippen LogP contribution in [0.1, 0.15) is 49.9 Å². The molecule has 2 aliphatic rings. The normalized spacial score (nSPS) is 14.5. The van der Waals surface area contributed by atoms with Crippen LogP contribution in [0, 0.1) is 0 Å². The minimum absolute atomic E-state index is 0.125. The van der Waals surface area contributed by atoms with E-state index in [1.54, 1.807) is 0 Å².